The summed E-state index contributed by atoms with van der Waals surface area (Å²) in [5.41, 5.74) is -6.88. The van der Waals surface area contributed by atoms with E-state index in [2.05, 4.69) is 0 Å². The van der Waals surface area contributed by atoms with Gasteiger partial charge in [0.2, 0.25) is 0 Å². The lowest BCUT2D eigenvalue weighted by Gasteiger charge is -2.45. The van der Waals surface area contributed by atoms with Gasteiger partial charge in [-0.2, -0.15) is 0 Å². The van der Waals surface area contributed by atoms with E-state index < -0.39 is 159 Å². The highest BCUT2D eigenvalue weighted by atomic mass is 32.1. The van der Waals surface area contributed by atoms with Crippen LogP contribution in [0.15, 0.2) is 151 Å². The molecule has 0 atom stereocenters. The zero-order chi connectivity index (χ0) is 68.6. The van der Waals surface area contributed by atoms with Crippen molar-refractivity contribution in [3.05, 3.63) is 179 Å². The maximum atomic E-state index is 10.7. The Bertz CT molecular complexity index is 4510. The molecule has 3 heterocycles. The third kappa shape index (κ3) is 7.53. The maximum absolute atomic E-state index is 10.7. The number of anilines is 9. The van der Waals surface area contributed by atoms with Crippen molar-refractivity contribution in [3.63, 3.8) is 0 Å². The second-order valence-electron chi connectivity index (χ2n) is 22.8. The van der Waals surface area contributed by atoms with Gasteiger partial charge in [-0.05, 0) is 157 Å². The minimum Gasteiger partial charge on any atom is -0.311 e. The summed E-state index contributed by atoms with van der Waals surface area (Å²) in [7, 11) is 0. The Morgan fingerprint density at radius 2 is 1.04 bits per heavy atom. The molecule has 0 bridgehead atoms. The molecular weight excluding hydrogens is 854 g/mol. The van der Waals surface area contributed by atoms with Crippen molar-refractivity contribution in [2.24, 2.45) is 0 Å². The van der Waals surface area contributed by atoms with Crippen LogP contribution < -0.4 is 30.4 Å². The van der Waals surface area contributed by atoms with Crippen molar-refractivity contribution in [3.8, 4) is 0 Å². The van der Waals surface area contributed by atoms with Gasteiger partial charge in [0, 0.05) is 54.7 Å². The molecule has 0 saturated heterocycles. The third-order valence-corrected chi connectivity index (χ3v) is 14.8. The zero-order valence-corrected chi connectivity index (χ0v) is 42.2. The number of rotatable bonds is 5. The molecule has 0 saturated carbocycles. The molecular formula is C64H68BN3S. The van der Waals surface area contributed by atoms with Crippen LogP contribution in [0.4, 0.5) is 51.2 Å². The summed E-state index contributed by atoms with van der Waals surface area (Å²) in [6.07, 6.45) is 1.10. The molecule has 0 spiro atoms. The Kier molecular flexibility index (Phi) is 5.99. The van der Waals surface area contributed by atoms with Gasteiger partial charge in [0.05, 0.1) is 42.9 Å². The van der Waals surface area contributed by atoms with E-state index in [4.69, 9.17) is 8.22 Å². The molecule has 0 N–H and O–H groups in total. The number of hydrogen-bond acceptors (Lipinski definition) is 4. The molecule has 3 nitrogen and oxygen atoms in total. The van der Waals surface area contributed by atoms with Gasteiger partial charge in [-0.3, -0.25) is 0 Å². The van der Waals surface area contributed by atoms with Crippen LogP contribution in [0.3, 0.4) is 0 Å². The summed E-state index contributed by atoms with van der Waals surface area (Å²) < 4.78 is 224. The van der Waals surface area contributed by atoms with Gasteiger partial charge in [-0.15, -0.1) is 11.3 Å². The standard InChI is InChI=1S/C64H68BN3S/c1-60(2,3)41-24-28-46(29-25-41)67-53-32-26-43(62(7,8)9)37-52(53)65-57-54(67)39-48(66(44-20-16-14-17-21-44)45-22-18-15-19-23-45)40-55(57)68(47-30-31-50-51(38-47)64(12,13)35-34-63(50,10)11)58-49-36-42(61(4,5)6)27-33-56(49)69-59(58)65/h14-33,36-40H,34-35H2,1-13H3/i14D,15D,16D,17D,18D,19D,20D,21D,22D,23D,24D,25D,26D,27D,28D,29D,30D,31D,32D,33D,36D,37D,38D. The first-order chi connectivity index (χ1) is 42.2. The fourth-order valence-corrected chi connectivity index (χ4v) is 10.9. The van der Waals surface area contributed by atoms with E-state index in [0.717, 1.165) is 16.2 Å². The molecule has 0 fully saturated rings. The quantitative estimate of drug-likeness (QED) is 0.159. The SMILES string of the molecule is [2H]c1c([2H])c([2H])c(N(c2cc3c4c(c2)N(c2c([2H])c([2H])c5c(c2[2H])C(C)(C)CCC5(C)C)c2c(sc5c([2H])c([2H])c(C(C)(C)C)c([2H])c25)B4c2c([2H])c(C(C)(C)C)c([2H])c([2H])c2N3c2c([2H])c([2H])c(C(C)(C)C)c([2H])c2[2H])c2c([2H])c([2H])c([2H])c([2H])c2[2H])c([2H])c1[2H]. The fraction of sp³-hybridized carbons (Fsp3) is 0.312. The summed E-state index contributed by atoms with van der Waals surface area (Å²) in [5, 5.41) is 0.0383. The van der Waals surface area contributed by atoms with E-state index in [1.165, 1.54) is 21.9 Å². The second-order valence-corrected chi connectivity index (χ2v) is 23.8. The predicted molar refractivity (Wildman–Crippen MR) is 302 cm³/mol. The predicted octanol–water partition coefficient (Wildman–Crippen LogP) is 16.7. The molecule has 5 heteroatoms. The fourth-order valence-electron chi connectivity index (χ4n) is 9.67. The third-order valence-electron chi connectivity index (χ3n) is 13.7. The number of hydrogen-bond donors (Lipinski definition) is 0. The monoisotopic (exact) mass is 945 g/mol. The zero-order valence-electron chi connectivity index (χ0n) is 64.4. The van der Waals surface area contributed by atoms with Gasteiger partial charge in [-0.1, -0.05) is 163 Å². The molecule has 11 rings (SSSR count). The first-order valence-electron chi connectivity index (χ1n) is 34.9. The summed E-state index contributed by atoms with van der Waals surface area (Å²) >= 11 is 0.974. The van der Waals surface area contributed by atoms with Crippen molar-refractivity contribution in [1.29, 1.82) is 0 Å². The van der Waals surface area contributed by atoms with Crippen LogP contribution in [0.2, 0.25) is 0 Å². The Labute approximate surface area is 449 Å². The van der Waals surface area contributed by atoms with Crippen LogP contribution in [0.25, 0.3) is 10.1 Å². The van der Waals surface area contributed by atoms with Crippen LogP contribution in [0.5, 0.6) is 0 Å². The van der Waals surface area contributed by atoms with Gasteiger partial charge in [0.15, 0.2) is 0 Å². The average molecular weight is 945 g/mol. The highest BCUT2D eigenvalue weighted by molar-refractivity contribution is 7.33. The summed E-state index contributed by atoms with van der Waals surface area (Å²) in [6, 6.07) is -11.7. The van der Waals surface area contributed by atoms with E-state index in [-0.39, 0.29) is 107 Å². The van der Waals surface area contributed by atoms with Gasteiger partial charge in [0.1, 0.15) is 0 Å². The smallest absolute Gasteiger partial charge is 0.264 e. The summed E-state index contributed by atoms with van der Waals surface area (Å²) in [6.45, 7) is 22.1. The normalized spacial score (nSPS) is 20.6. The second kappa shape index (κ2) is 15.7. The summed E-state index contributed by atoms with van der Waals surface area (Å²) in [5.74, 6) is 0. The van der Waals surface area contributed by atoms with Crippen LogP contribution in [-0.4, -0.2) is 6.71 Å². The topological polar surface area (TPSA) is 9.72 Å². The molecule has 0 amide bonds. The van der Waals surface area contributed by atoms with E-state index in [1.807, 2.05) is 27.7 Å². The van der Waals surface area contributed by atoms with Crippen molar-refractivity contribution in [2.75, 3.05) is 14.7 Å². The lowest BCUT2D eigenvalue weighted by molar-refractivity contribution is 0.332. The Balaban J connectivity index is 1.51. The summed E-state index contributed by atoms with van der Waals surface area (Å²) in [4.78, 5) is 3.56. The van der Waals surface area contributed by atoms with Crippen molar-refractivity contribution < 1.29 is 31.5 Å². The van der Waals surface area contributed by atoms with E-state index in [0.29, 0.717) is 24.0 Å². The van der Waals surface area contributed by atoms with E-state index in [1.54, 1.807) is 62.3 Å². The van der Waals surface area contributed by atoms with Crippen LogP contribution in [0.1, 0.15) is 162 Å². The van der Waals surface area contributed by atoms with Crippen LogP contribution in [-0.2, 0) is 27.1 Å². The maximum Gasteiger partial charge on any atom is 0.264 e. The van der Waals surface area contributed by atoms with Gasteiger partial charge < -0.3 is 14.7 Å². The highest BCUT2D eigenvalue weighted by Crippen LogP contribution is 2.53. The van der Waals surface area contributed by atoms with Gasteiger partial charge in [-0.25, -0.2) is 0 Å². The number of thiophene rings is 1. The number of para-hydroxylation sites is 2. The Hall–Kier alpha value is -6.04. The first-order valence-corrected chi connectivity index (χ1v) is 24.2. The number of fused-ring (bicyclic) bond motifs is 7. The molecule has 8 aromatic rings. The molecule has 3 aliphatic rings. The molecule has 0 unspecified atom stereocenters. The molecule has 348 valence electrons. The Morgan fingerprint density at radius 1 is 0.522 bits per heavy atom. The van der Waals surface area contributed by atoms with Crippen LogP contribution >= 0.6 is 11.3 Å². The van der Waals surface area contributed by atoms with Gasteiger partial charge in [0.25, 0.3) is 6.71 Å². The Morgan fingerprint density at radius 3 is 1.64 bits per heavy atom. The lowest BCUT2D eigenvalue weighted by atomic mass is 9.36. The number of nitrogens with zero attached hydrogens (tertiary/aromatic N) is 3. The van der Waals surface area contributed by atoms with Crippen molar-refractivity contribution in [1.82, 2.24) is 0 Å². The molecule has 1 aromatic heterocycles. The van der Waals surface area contributed by atoms with E-state index in [9.17, 15) is 23.3 Å². The van der Waals surface area contributed by atoms with Gasteiger partial charge >= 0.3 is 0 Å². The van der Waals surface area contributed by atoms with Crippen LogP contribution in [0, 0.1) is 0 Å². The molecule has 0 radical (unpaired) electrons. The molecule has 69 heavy (non-hydrogen) atoms. The first kappa shape index (κ1) is 26.3. The minimum absolute atomic E-state index is 0.00441. The molecule has 2 aliphatic heterocycles. The highest BCUT2D eigenvalue weighted by Gasteiger charge is 2.47. The van der Waals surface area contributed by atoms with Crippen molar-refractivity contribution in [2.45, 2.75) is 130 Å². The minimum atomic E-state index is -1.40. The molecule has 1 aliphatic carbocycles. The van der Waals surface area contributed by atoms with E-state index >= 15 is 0 Å². The number of benzene rings is 7. The van der Waals surface area contributed by atoms with Crippen molar-refractivity contribution >= 4 is 95.0 Å². The largest absolute Gasteiger partial charge is 0.311 e. The molecule has 7 aromatic carbocycles. The average Bonchev–Trinajstić information content (AvgIpc) is 1.20. The lowest BCUT2D eigenvalue weighted by Crippen LogP contribution is -2.60.